The van der Waals surface area contributed by atoms with Gasteiger partial charge in [0.25, 0.3) is 0 Å². The Hall–Kier alpha value is -0.900. The summed E-state index contributed by atoms with van der Waals surface area (Å²) in [6.07, 6.45) is 5.31. The second-order valence-electron chi connectivity index (χ2n) is 1.87. The zero-order chi connectivity index (χ0) is 6.97. The Morgan fingerprint density at radius 2 is 2.20 bits per heavy atom. The SMILES string of the molecule is Brc1nccc2nccn12. The Kier molecular flexibility index (Phi) is 1.20. The van der Waals surface area contributed by atoms with E-state index in [0.29, 0.717) is 0 Å². The molecule has 4 heteroatoms. The highest BCUT2D eigenvalue weighted by molar-refractivity contribution is 9.10. The molecule has 0 radical (unpaired) electrons. The van der Waals surface area contributed by atoms with E-state index < -0.39 is 0 Å². The molecule has 0 bridgehead atoms. The van der Waals surface area contributed by atoms with Crippen molar-refractivity contribution in [2.24, 2.45) is 0 Å². The van der Waals surface area contributed by atoms with Gasteiger partial charge in [0.2, 0.25) is 0 Å². The van der Waals surface area contributed by atoms with E-state index in [2.05, 4.69) is 25.9 Å². The van der Waals surface area contributed by atoms with E-state index in [1.165, 1.54) is 0 Å². The lowest BCUT2D eigenvalue weighted by atomic mass is 10.6. The first-order chi connectivity index (χ1) is 4.88. The van der Waals surface area contributed by atoms with Crippen LogP contribution in [0.5, 0.6) is 0 Å². The summed E-state index contributed by atoms with van der Waals surface area (Å²) >= 11 is 3.29. The van der Waals surface area contributed by atoms with Crippen LogP contribution in [0.2, 0.25) is 0 Å². The summed E-state index contributed by atoms with van der Waals surface area (Å²) in [4.78, 5) is 8.09. The summed E-state index contributed by atoms with van der Waals surface area (Å²) in [6, 6.07) is 1.85. The van der Waals surface area contributed by atoms with Crippen LogP contribution in [0.3, 0.4) is 0 Å². The monoisotopic (exact) mass is 197 g/mol. The molecule has 50 valence electrons. The number of fused-ring (bicyclic) bond motifs is 1. The highest BCUT2D eigenvalue weighted by atomic mass is 79.9. The van der Waals surface area contributed by atoms with Crippen LogP contribution in [0, 0.1) is 0 Å². The van der Waals surface area contributed by atoms with Gasteiger partial charge >= 0.3 is 0 Å². The maximum Gasteiger partial charge on any atom is 0.182 e. The predicted molar refractivity (Wildman–Crippen MR) is 40.7 cm³/mol. The third-order valence-corrected chi connectivity index (χ3v) is 1.86. The molecular formula is C6H4BrN3. The highest BCUT2D eigenvalue weighted by Gasteiger charge is 1.95. The van der Waals surface area contributed by atoms with Crippen molar-refractivity contribution in [1.29, 1.82) is 0 Å². The maximum atomic E-state index is 4.07. The van der Waals surface area contributed by atoms with Crippen molar-refractivity contribution >= 4 is 21.6 Å². The molecule has 2 aromatic heterocycles. The van der Waals surface area contributed by atoms with Crippen LogP contribution in [0.15, 0.2) is 29.4 Å². The standard InChI is InChI=1S/C6H4BrN3/c7-6-9-2-1-5-8-3-4-10(5)6/h1-4H. The van der Waals surface area contributed by atoms with Gasteiger partial charge in [-0.05, 0) is 22.0 Å². The van der Waals surface area contributed by atoms with E-state index in [-0.39, 0.29) is 0 Å². The van der Waals surface area contributed by atoms with Crippen LogP contribution in [0.4, 0.5) is 0 Å². The van der Waals surface area contributed by atoms with E-state index >= 15 is 0 Å². The fourth-order valence-electron chi connectivity index (χ4n) is 0.822. The van der Waals surface area contributed by atoms with Crippen molar-refractivity contribution < 1.29 is 0 Å². The van der Waals surface area contributed by atoms with Gasteiger partial charge in [-0.25, -0.2) is 9.97 Å². The van der Waals surface area contributed by atoms with Gasteiger partial charge in [-0.2, -0.15) is 0 Å². The van der Waals surface area contributed by atoms with E-state index in [1.54, 1.807) is 12.4 Å². The summed E-state index contributed by atoms with van der Waals surface area (Å²) < 4.78 is 2.64. The Labute approximate surface area is 65.9 Å². The van der Waals surface area contributed by atoms with E-state index in [4.69, 9.17) is 0 Å². The summed E-state index contributed by atoms with van der Waals surface area (Å²) in [7, 11) is 0. The fraction of sp³-hybridized carbons (Fsp3) is 0. The molecule has 0 aromatic carbocycles. The molecule has 0 atom stereocenters. The molecule has 0 spiro atoms. The Balaban J connectivity index is 2.95. The van der Waals surface area contributed by atoms with Crippen LogP contribution >= 0.6 is 15.9 Å². The first-order valence-electron chi connectivity index (χ1n) is 2.81. The Morgan fingerprint density at radius 3 is 3.00 bits per heavy atom. The minimum atomic E-state index is 0.780. The quantitative estimate of drug-likeness (QED) is 0.600. The maximum absolute atomic E-state index is 4.07. The first-order valence-corrected chi connectivity index (χ1v) is 3.61. The van der Waals surface area contributed by atoms with Gasteiger partial charge in [0, 0.05) is 18.6 Å². The number of nitrogens with zero attached hydrogens (tertiary/aromatic N) is 3. The van der Waals surface area contributed by atoms with Gasteiger partial charge in [-0.3, -0.25) is 4.40 Å². The lowest BCUT2D eigenvalue weighted by molar-refractivity contribution is 1.03. The molecule has 0 saturated carbocycles. The third kappa shape index (κ3) is 0.724. The molecule has 2 rings (SSSR count). The van der Waals surface area contributed by atoms with Gasteiger partial charge in [0.05, 0.1) is 0 Å². The molecule has 10 heavy (non-hydrogen) atoms. The number of imidazole rings is 1. The van der Waals surface area contributed by atoms with Gasteiger partial charge in [-0.1, -0.05) is 0 Å². The number of rotatable bonds is 0. The van der Waals surface area contributed by atoms with Crippen molar-refractivity contribution in [2.75, 3.05) is 0 Å². The van der Waals surface area contributed by atoms with Crippen molar-refractivity contribution in [1.82, 2.24) is 14.4 Å². The molecule has 3 nitrogen and oxygen atoms in total. The number of hydrogen-bond acceptors (Lipinski definition) is 2. The number of halogens is 1. The van der Waals surface area contributed by atoms with Crippen molar-refractivity contribution in [3.05, 3.63) is 29.4 Å². The lowest BCUT2D eigenvalue weighted by Crippen LogP contribution is -1.87. The molecule has 0 fully saturated rings. The second-order valence-corrected chi connectivity index (χ2v) is 2.58. The molecule has 0 aliphatic carbocycles. The van der Waals surface area contributed by atoms with Crippen LogP contribution in [-0.2, 0) is 0 Å². The smallest absolute Gasteiger partial charge is 0.182 e. The third-order valence-electron chi connectivity index (χ3n) is 1.27. The van der Waals surface area contributed by atoms with Crippen molar-refractivity contribution in [2.45, 2.75) is 0 Å². The average Bonchev–Trinajstić information content (AvgIpc) is 2.36. The topological polar surface area (TPSA) is 30.2 Å². The zero-order valence-electron chi connectivity index (χ0n) is 5.03. The van der Waals surface area contributed by atoms with E-state index in [0.717, 1.165) is 10.4 Å². The second kappa shape index (κ2) is 2.05. The predicted octanol–water partition coefficient (Wildman–Crippen LogP) is 1.49. The van der Waals surface area contributed by atoms with E-state index in [1.807, 2.05) is 16.7 Å². The molecular weight excluding hydrogens is 194 g/mol. The molecule has 2 aromatic rings. The first kappa shape index (κ1) is 5.85. The van der Waals surface area contributed by atoms with Crippen LogP contribution < -0.4 is 0 Å². The summed E-state index contributed by atoms with van der Waals surface area (Å²) in [5.74, 6) is 0. The van der Waals surface area contributed by atoms with Crippen LogP contribution in [0.25, 0.3) is 5.65 Å². The van der Waals surface area contributed by atoms with Crippen molar-refractivity contribution in [3.63, 3.8) is 0 Å². The lowest BCUT2D eigenvalue weighted by Gasteiger charge is -1.92. The highest BCUT2D eigenvalue weighted by Crippen LogP contribution is 2.07. The molecule has 0 aliphatic rings. The van der Waals surface area contributed by atoms with Crippen LogP contribution in [0.1, 0.15) is 0 Å². The zero-order valence-corrected chi connectivity index (χ0v) is 6.62. The average molecular weight is 198 g/mol. The van der Waals surface area contributed by atoms with Crippen LogP contribution in [-0.4, -0.2) is 14.4 Å². The molecule has 0 amide bonds. The number of hydrogen-bond donors (Lipinski definition) is 0. The Morgan fingerprint density at radius 1 is 1.30 bits per heavy atom. The number of aromatic nitrogens is 3. The largest absolute Gasteiger partial charge is 0.278 e. The summed E-state index contributed by atoms with van der Waals surface area (Å²) in [5.41, 5.74) is 0.905. The Bertz CT molecular complexity index is 355. The summed E-state index contributed by atoms with van der Waals surface area (Å²) in [5, 5.41) is 0. The molecule has 0 aliphatic heterocycles. The molecule has 0 unspecified atom stereocenters. The van der Waals surface area contributed by atoms with Gasteiger partial charge in [0.1, 0.15) is 5.65 Å². The summed E-state index contributed by atoms with van der Waals surface area (Å²) in [6.45, 7) is 0. The minimum absolute atomic E-state index is 0.780. The van der Waals surface area contributed by atoms with Crippen molar-refractivity contribution in [3.8, 4) is 0 Å². The minimum Gasteiger partial charge on any atom is -0.278 e. The van der Waals surface area contributed by atoms with Gasteiger partial charge in [0.15, 0.2) is 4.73 Å². The van der Waals surface area contributed by atoms with E-state index in [9.17, 15) is 0 Å². The molecule has 0 N–H and O–H groups in total. The normalized spacial score (nSPS) is 10.5. The molecule has 0 saturated heterocycles. The molecule has 2 heterocycles. The van der Waals surface area contributed by atoms with Gasteiger partial charge in [-0.15, -0.1) is 0 Å². The van der Waals surface area contributed by atoms with Gasteiger partial charge < -0.3 is 0 Å². The fourth-order valence-corrected chi connectivity index (χ4v) is 1.24.